The lowest BCUT2D eigenvalue weighted by Crippen LogP contribution is -2.45. The van der Waals surface area contributed by atoms with Gasteiger partial charge in [-0.05, 0) is 0 Å². The molecule has 8 heteroatoms. The molecule has 0 aromatic carbocycles. The van der Waals surface area contributed by atoms with Crippen LogP contribution in [-0.2, 0) is 12.6 Å². The van der Waals surface area contributed by atoms with Crippen molar-refractivity contribution in [3.8, 4) is 6.07 Å². The van der Waals surface area contributed by atoms with Gasteiger partial charge in [0, 0.05) is 7.05 Å². The molecule has 0 unspecified atom stereocenters. The number of nitriles is 1. The van der Waals surface area contributed by atoms with Crippen LogP contribution in [0.25, 0.3) is 0 Å². The van der Waals surface area contributed by atoms with Gasteiger partial charge in [-0.25, -0.2) is 4.98 Å². The minimum absolute atomic E-state index is 0.103. The molecule has 4 nitrogen and oxygen atoms in total. The van der Waals surface area contributed by atoms with Crippen LogP contribution < -0.4 is 0 Å². The standard InChI is InChI=1S/C9H7ClF3N3O/c1-5(3-14)8(17,9(11,12)13)7-15-4-6(10)16(7)2/h4,17H,1H2,2H3/t8-/m1/s1. The van der Waals surface area contributed by atoms with Crippen molar-refractivity contribution in [2.45, 2.75) is 11.8 Å². The van der Waals surface area contributed by atoms with Crippen LogP contribution in [0, 0.1) is 11.3 Å². The lowest BCUT2D eigenvalue weighted by Gasteiger charge is -2.28. The van der Waals surface area contributed by atoms with Gasteiger partial charge < -0.3 is 9.67 Å². The fraction of sp³-hybridized carbons (Fsp3) is 0.333. The van der Waals surface area contributed by atoms with E-state index in [0.29, 0.717) is 0 Å². The summed E-state index contributed by atoms with van der Waals surface area (Å²) < 4.78 is 39.4. The molecule has 1 N–H and O–H groups in total. The molecule has 0 saturated carbocycles. The maximum atomic E-state index is 12.9. The molecule has 0 aliphatic heterocycles. The third kappa shape index (κ3) is 1.90. The molecule has 17 heavy (non-hydrogen) atoms. The van der Waals surface area contributed by atoms with Crippen LogP contribution in [0.5, 0.6) is 0 Å². The summed E-state index contributed by atoms with van der Waals surface area (Å²) in [5, 5.41) is 18.1. The zero-order valence-electron chi connectivity index (χ0n) is 8.59. The van der Waals surface area contributed by atoms with Gasteiger partial charge in [0.05, 0.1) is 17.8 Å². The van der Waals surface area contributed by atoms with Crippen LogP contribution in [0.15, 0.2) is 18.3 Å². The second kappa shape index (κ2) is 4.05. The van der Waals surface area contributed by atoms with Gasteiger partial charge >= 0.3 is 6.18 Å². The summed E-state index contributed by atoms with van der Waals surface area (Å²) in [4.78, 5) is 3.37. The number of rotatable bonds is 2. The number of halogens is 4. The first kappa shape index (κ1) is 13.5. The maximum absolute atomic E-state index is 12.9. The minimum atomic E-state index is -5.12. The zero-order chi connectivity index (χ0) is 13.4. The largest absolute Gasteiger partial charge is 0.429 e. The molecule has 1 aromatic heterocycles. The van der Waals surface area contributed by atoms with Crippen molar-refractivity contribution in [1.29, 1.82) is 5.26 Å². The Bertz CT molecular complexity index is 503. The maximum Gasteiger partial charge on any atom is 0.429 e. The summed E-state index contributed by atoms with van der Waals surface area (Å²) in [6.07, 6.45) is -4.18. The SMILES string of the molecule is C=C(C#N)[C@@](O)(c1ncc(Cl)n1C)C(F)(F)F. The Morgan fingerprint density at radius 2 is 2.18 bits per heavy atom. The van der Waals surface area contributed by atoms with Crippen LogP contribution in [0.4, 0.5) is 13.2 Å². The minimum Gasteiger partial charge on any atom is -0.369 e. The molecule has 0 saturated heterocycles. The normalized spacial score (nSPS) is 15.1. The van der Waals surface area contributed by atoms with Gasteiger partial charge in [0.25, 0.3) is 5.60 Å². The molecular weight excluding hydrogens is 259 g/mol. The van der Waals surface area contributed by atoms with E-state index in [-0.39, 0.29) is 5.15 Å². The Hall–Kier alpha value is -1.52. The highest BCUT2D eigenvalue weighted by molar-refractivity contribution is 6.29. The van der Waals surface area contributed by atoms with Gasteiger partial charge in [0.2, 0.25) is 0 Å². The van der Waals surface area contributed by atoms with Gasteiger partial charge in [0.15, 0.2) is 5.82 Å². The molecule has 1 aromatic rings. The molecule has 1 atom stereocenters. The molecule has 0 aliphatic rings. The van der Waals surface area contributed by atoms with Gasteiger partial charge in [-0.2, -0.15) is 18.4 Å². The first-order valence-electron chi connectivity index (χ1n) is 4.22. The average Bonchev–Trinajstić information content (AvgIpc) is 2.56. The number of hydrogen-bond donors (Lipinski definition) is 1. The van der Waals surface area contributed by atoms with Crippen molar-refractivity contribution in [2.75, 3.05) is 0 Å². The van der Waals surface area contributed by atoms with Crippen molar-refractivity contribution in [3.63, 3.8) is 0 Å². The summed E-state index contributed by atoms with van der Waals surface area (Å²) in [7, 11) is 1.19. The Labute approximate surface area is 99.6 Å². The molecule has 0 spiro atoms. The Morgan fingerprint density at radius 1 is 1.65 bits per heavy atom. The number of hydrogen-bond acceptors (Lipinski definition) is 3. The highest BCUT2D eigenvalue weighted by Crippen LogP contribution is 2.43. The first-order chi connectivity index (χ1) is 7.66. The molecule has 0 aliphatic carbocycles. The molecule has 0 bridgehead atoms. The van der Waals surface area contributed by atoms with E-state index in [1.807, 2.05) is 0 Å². The van der Waals surface area contributed by atoms with Crippen molar-refractivity contribution >= 4 is 11.6 Å². The van der Waals surface area contributed by atoms with E-state index in [2.05, 4.69) is 11.6 Å². The second-order valence-electron chi connectivity index (χ2n) is 3.26. The van der Waals surface area contributed by atoms with Gasteiger partial charge in [0.1, 0.15) is 5.15 Å². The number of aliphatic hydroxyl groups is 1. The van der Waals surface area contributed by atoms with E-state index in [4.69, 9.17) is 16.9 Å². The fourth-order valence-corrected chi connectivity index (χ4v) is 1.37. The van der Waals surface area contributed by atoms with E-state index in [1.165, 1.54) is 13.1 Å². The number of aromatic nitrogens is 2. The molecule has 92 valence electrons. The fourth-order valence-electron chi connectivity index (χ4n) is 1.24. The van der Waals surface area contributed by atoms with Crippen molar-refractivity contribution in [1.82, 2.24) is 9.55 Å². The number of alkyl halides is 3. The molecule has 0 amide bonds. The van der Waals surface area contributed by atoms with E-state index in [1.54, 1.807) is 0 Å². The lowest BCUT2D eigenvalue weighted by molar-refractivity contribution is -0.251. The number of nitrogens with zero attached hydrogens (tertiary/aromatic N) is 3. The van der Waals surface area contributed by atoms with E-state index in [9.17, 15) is 18.3 Å². The highest BCUT2D eigenvalue weighted by atomic mass is 35.5. The predicted molar refractivity (Wildman–Crippen MR) is 52.9 cm³/mol. The topological polar surface area (TPSA) is 61.8 Å². The quantitative estimate of drug-likeness (QED) is 0.831. The first-order valence-corrected chi connectivity index (χ1v) is 4.60. The Morgan fingerprint density at radius 3 is 2.47 bits per heavy atom. The third-order valence-electron chi connectivity index (χ3n) is 2.24. The smallest absolute Gasteiger partial charge is 0.369 e. The molecule has 0 fully saturated rings. The Balaban J connectivity index is 3.52. The summed E-state index contributed by atoms with van der Waals surface area (Å²) in [5.74, 6) is -0.804. The van der Waals surface area contributed by atoms with Crippen LogP contribution in [-0.4, -0.2) is 20.8 Å². The summed E-state index contributed by atoms with van der Waals surface area (Å²) in [6, 6.07) is 1.19. The van der Waals surface area contributed by atoms with Crippen LogP contribution in [0.3, 0.4) is 0 Å². The lowest BCUT2D eigenvalue weighted by atomic mass is 9.94. The third-order valence-corrected chi connectivity index (χ3v) is 2.59. The average molecular weight is 266 g/mol. The molecule has 0 radical (unpaired) electrons. The van der Waals surface area contributed by atoms with Crippen LogP contribution >= 0.6 is 11.6 Å². The molecule has 1 rings (SSSR count). The molecule has 1 heterocycles. The van der Waals surface area contributed by atoms with E-state index in [0.717, 1.165) is 10.8 Å². The zero-order valence-corrected chi connectivity index (χ0v) is 9.34. The predicted octanol–water partition coefficient (Wildman–Crippen LogP) is 1.90. The van der Waals surface area contributed by atoms with Crippen molar-refractivity contribution < 1.29 is 18.3 Å². The van der Waals surface area contributed by atoms with Gasteiger partial charge in [-0.3, -0.25) is 0 Å². The van der Waals surface area contributed by atoms with Crippen LogP contribution in [0.1, 0.15) is 5.82 Å². The second-order valence-corrected chi connectivity index (χ2v) is 3.65. The highest BCUT2D eigenvalue weighted by Gasteiger charge is 2.60. The van der Waals surface area contributed by atoms with Gasteiger partial charge in [-0.15, -0.1) is 0 Å². The van der Waals surface area contributed by atoms with Crippen molar-refractivity contribution in [3.05, 3.63) is 29.3 Å². The summed E-state index contributed by atoms with van der Waals surface area (Å²) in [5.41, 5.74) is -4.61. The van der Waals surface area contributed by atoms with Crippen molar-refractivity contribution in [2.24, 2.45) is 7.05 Å². The summed E-state index contributed by atoms with van der Waals surface area (Å²) >= 11 is 5.54. The molecular formula is C9H7ClF3N3O. The monoisotopic (exact) mass is 265 g/mol. The van der Waals surface area contributed by atoms with Gasteiger partial charge in [-0.1, -0.05) is 18.2 Å². The number of imidazole rings is 1. The Kier molecular flexibility index (Phi) is 3.23. The summed E-state index contributed by atoms with van der Waals surface area (Å²) in [6.45, 7) is 2.91. The van der Waals surface area contributed by atoms with E-state index >= 15 is 0 Å². The van der Waals surface area contributed by atoms with E-state index < -0.39 is 23.2 Å². The van der Waals surface area contributed by atoms with Crippen LogP contribution in [0.2, 0.25) is 5.15 Å².